The maximum atomic E-state index is 13.0. The van der Waals surface area contributed by atoms with Gasteiger partial charge in [-0.25, -0.2) is 4.79 Å². The van der Waals surface area contributed by atoms with E-state index < -0.39 is 78.4 Å². The number of carbonyl (C=O) groups is 3. The predicted octanol–water partition coefficient (Wildman–Crippen LogP) is -2.20. The van der Waals surface area contributed by atoms with Gasteiger partial charge in [0.15, 0.2) is 12.1 Å². The normalized spacial score (nSPS) is 22.7. The molecule has 0 saturated heterocycles. The maximum absolute atomic E-state index is 13.0. The predicted molar refractivity (Wildman–Crippen MR) is 122 cm³/mol. The van der Waals surface area contributed by atoms with E-state index in [2.05, 4.69) is 10.6 Å². The summed E-state index contributed by atoms with van der Waals surface area (Å²) in [6.45, 7) is 6.64. The smallest absolute Gasteiger partial charge is 0.376 e. The molecule has 0 bridgehead atoms. The Hall–Kier alpha value is -2.94. The van der Waals surface area contributed by atoms with Gasteiger partial charge in [0.2, 0.25) is 11.7 Å². The number of guanidine groups is 1. The first-order chi connectivity index (χ1) is 16.1. The van der Waals surface area contributed by atoms with E-state index in [4.69, 9.17) is 35.8 Å². The van der Waals surface area contributed by atoms with Crippen LogP contribution in [0, 0.1) is 11.3 Å². The number of ether oxygens (including phenoxy) is 4. The monoisotopic (exact) mass is 503 g/mol. The van der Waals surface area contributed by atoms with Crippen molar-refractivity contribution in [2.45, 2.75) is 76.8 Å². The highest BCUT2D eigenvalue weighted by atomic mass is 16.7. The van der Waals surface area contributed by atoms with Gasteiger partial charge in [0, 0.05) is 27.9 Å². The van der Waals surface area contributed by atoms with E-state index in [0.29, 0.717) is 0 Å². The molecule has 35 heavy (non-hydrogen) atoms. The van der Waals surface area contributed by atoms with Crippen molar-refractivity contribution in [1.82, 2.24) is 10.6 Å². The molecule has 1 rings (SSSR count). The van der Waals surface area contributed by atoms with Crippen molar-refractivity contribution >= 4 is 23.8 Å². The number of aliphatic hydroxyl groups excluding tert-OH is 2. The van der Waals surface area contributed by atoms with Crippen molar-refractivity contribution < 1.29 is 43.5 Å². The van der Waals surface area contributed by atoms with Crippen molar-refractivity contribution in [2.75, 3.05) is 13.7 Å². The quantitative estimate of drug-likeness (QED) is 0.0689. The number of aliphatic hydroxyl groups is 2. The molecule has 0 unspecified atom stereocenters. The number of rotatable bonds is 11. The largest absolute Gasteiger partial charge is 0.478 e. The molecule has 0 aromatic rings. The molecule has 200 valence electrons. The van der Waals surface area contributed by atoms with Crippen LogP contribution < -0.4 is 22.1 Å². The Morgan fingerprint density at radius 2 is 1.86 bits per heavy atom. The van der Waals surface area contributed by atoms with Gasteiger partial charge < -0.3 is 51.3 Å². The third-order valence-electron chi connectivity index (χ3n) is 5.07. The number of nitrogens with two attached hydrogens (primary N) is 2. The second-order valence-electron chi connectivity index (χ2n) is 8.85. The molecule has 0 aromatic carbocycles. The molecule has 0 saturated carbocycles. The van der Waals surface area contributed by atoms with Crippen molar-refractivity contribution in [3.8, 4) is 0 Å². The van der Waals surface area contributed by atoms with E-state index in [1.54, 1.807) is 13.8 Å². The second-order valence-corrected chi connectivity index (χ2v) is 8.85. The maximum Gasteiger partial charge on any atom is 0.376 e. The van der Waals surface area contributed by atoms with Gasteiger partial charge in [-0.15, -0.1) is 0 Å². The van der Waals surface area contributed by atoms with Crippen LogP contribution in [0.4, 0.5) is 0 Å². The van der Waals surface area contributed by atoms with Gasteiger partial charge in [0.1, 0.15) is 18.2 Å². The van der Waals surface area contributed by atoms with Gasteiger partial charge >= 0.3 is 11.9 Å². The lowest BCUT2D eigenvalue weighted by atomic mass is 9.92. The molecule has 1 aliphatic rings. The molecule has 14 nitrogen and oxygen atoms in total. The van der Waals surface area contributed by atoms with E-state index in [9.17, 15) is 24.6 Å². The third-order valence-corrected chi connectivity index (χ3v) is 5.07. The van der Waals surface area contributed by atoms with Crippen LogP contribution in [0.5, 0.6) is 0 Å². The summed E-state index contributed by atoms with van der Waals surface area (Å²) in [4.78, 5) is 37.0. The average molecular weight is 504 g/mol. The van der Waals surface area contributed by atoms with E-state index in [1.165, 1.54) is 34.0 Å². The number of methoxy groups -OCH3 is 1. The van der Waals surface area contributed by atoms with Gasteiger partial charge in [0.05, 0.1) is 18.7 Å². The lowest BCUT2D eigenvalue weighted by Gasteiger charge is -2.41. The van der Waals surface area contributed by atoms with Crippen LogP contribution in [-0.2, 0) is 33.3 Å². The van der Waals surface area contributed by atoms with Gasteiger partial charge in [-0.3, -0.25) is 15.0 Å². The molecule has 0 radical (unpaired) electrons. The van der Waals surface area contributed by atoms with E-state index in [0.717, 1.165) is 0 Å². The van der Waals surface area contributed by atoms with E-state index in [1.807, 2.05) is 0 Å². The minimum Gasteiger partial charge on any atom is -0.478 e. The van der Waals surface area contributed by atoms with Crippen molar-refractivity contribution in [2.24, 2.45) is 17.4 Å². The SMILES string of the molecule is CO[C@H]([C@@H]1OC(C(=O)OC(C)(C)OC(=O)[C@@H](N)C(C)C)=C[C@H](NC(=N)N)[C@H]1NC(C)=O)[C@H](O)CO. The summed E-state index contributed by atoms with van der Waals surface area (Å²) in [5.41, 5.74) is 11.3. The average Bonchev–Trinajstić information content (AvgIpc) is 2.73. The minimum atomic E-state index is -1.73. The summed E-state index contributed by atoms with van der Waals surface area (Å²) in [7, 11) is 1.24. The molecule has 0 fully saturated rings. The van der Waals surface area contributed by atoms with Crippen LogP contribution in [0.3, 0.4) is 0 Å². The first kappa shape index (κ1) is 30.1. The minimum absolute atomic E-state index is 0.216. The fourth-order valence-corrected chi connectivity index (χ4v) is 3.33. The van der Waals surface area contributed by atoms with Gasteiger partial charge in [0.25, 0.3) is 5.79 Å². The van der Waals surface area contributed by atoms with Crippen molar-refractivity contribution in [3.63, 3.8) is 0 Å². The topological polar surface area (TPSA) is 229 Å². The van der Waals surface area contributed by atoms with Crippen LogP contribution in [0.25, 0.3) is 0 Å². The van der Waals surface area contributed by atoms with Crippen LogP contribution in [-0.4, -0.2) is 90.0 Å². The zero-order valence-corrected chi connectivity index (χ0v) is 20.7. The first-order valence-electron chi connectivity index (χ1n) is 10.9. The Kier molecular flexibility index (Phi) is 10.9. The molecule has 9 N–H and O–H groups in total. The fourth-order valence-electron chi connectivity index (χ4n) is 3.33. The van der Waals surface area contributed by atoms with Gasteiger partial charge in [-0.05, 0) is 12.0 Å². The highest BCUT2D eigenvalue weighted by molar-refractivity contribution is 5.87. The summed E-state index contributed by atoms with van der Waals surface area (Å²) in [5.74, 6) is -5.15. The second kappa shape index (κ2) is 12.7. The molecule has 1 amide bonds. The number of hydrogen-bond acceptors (Lipinski definition) is 11. The van der Waals surface area contributed by atoms with E-state index in [-0.39, 0.29) is 5.92 Å². The molecular formula is C21H37N5O9. The Labute approximate surface area is 203 Å². The lowest BCUT2D eigenvalue weighted by Crippen LogP contribution is -2.64. The fraction of sp³-hybridized carbons (Fsp3) is 0.714. The summed E-state index contributed by atoms with van der Waals surface area (Å²) >= 11 is 0. The molecule has 0 aromatic heterocycles. The summed E-state index contributed by atoms with van der Waals surface area (Å²) in [6.07, 6.45) is -2.70. The number of carbonyl (C=O) groups excluding carboxylic acids is 3. The molecular weight excluding hydrogens is 466 g/mol. The number of esters is 2. The van der Waals surface area contributed by atoms with Crippen LogP contribution in [0.1, 0.15) is 34.6 Å². The Morgan fingerprint density at radius 1 is 1.26 bits per heavy atom. The highest BCUT2D eigenvalue weighted by Crippen LogP contribution is 2.26. The number of hydrogen-bond donors (Lipinski definition) is 7. The summed E-state index contributed by atoms with van der Waals surface area (Å²) in [6, 6.07) is -2.91. The third kappa shape index (κ3) is 8.65. The van der Waals surface area contributed by atoms with Gasteiger partial charge in [-0.1, -0.05) is 13.8 Å². The Balaban J connectivity index is 3.30. The van der Waals surface area contributed by atoms with E-state index >= 15 is 0 Å². The number of amides is 1. The van der Waals surface area contributed by atoms with Crippen LogP contribution in [0.2, 0.25) is 0 Å². The molecule has 1 heterocycles. The lowest BCUT2D eigenvalue weighted by molar-refractivity contribution is -0.219. The molecule has 0 aliphatic carbocycles. The molecule has 1 aliphatic heterocycles. The molecule has 6 atom stereocenters. The summed E-state index contributed by atoms with van der Waals surface area (Å²) < 4.78 is 21.6. The Bertz CT molecular complexity index is 817. The Morgan fingerprint density at radius 3 is 2.31 bits per heavy atom. The van der Waals surface area contributed by atoms with Crippen LogP contribution >= 0.6 is 0 Å². The zero-order valence-electron chi connectivity index (χ0n) is 20.7. The zero-order chi connectivity index (χ0) is 27.1. The summed E-state index contributed by atoms with van der Waals surface area (Å²) in [5, 5.41) is 32.5. The first-order valence-corrected chi connectivity index (χ1v) is 10.9. The van der Waals surface area contributed by atoms with Crippen molar-refractivity contribution in [1.29, 1.82) is 5.41 Å². The molecule has 0 spiro atoms. The highest BCUT2D eigenvalue weighted by Gasteiger charge is 2.45. The van der Waals surface area contributed by atoms with Crippen LogP contribution in [0.15, 0.2) is 11.8 Å². The standard InChI is InChI=1S/C21H37N5O9/c1-9(2)14(22)19(31)35-21(4,5)34-18(30)13-7-11(26-20(23)24)15(25-10(3)28)17(33-13)16(32-6)12(29)8-27/h7,9,11-12,14-17,27,29H,8,22H2,1-6H3,(H,25,28)(H4,23,24,26)/t11-,12+,14-,15+,16-,17+/m0/s1. The molecule has 14 heteroatoms. The number of nitrogens with one attached hydrogen (secondary N) is 3. The van der Waals surface area contributed by atoms with Crippen molar-refractivity contribution in [3.05, 3.63) is 11.8 Å². The van der Waals surface area contributed by atoms with Gasteiger partial charge in [-0.2, -0.15) is 0 Å².